The molecule has 2 aromatic carbocycles. The van der Waals surface area contributed by atoms with E-state index in [0.717, 1.165) is 0 Å². The fraction of sp³-hybridized carbons (Fsp3) is 0.133. The molecule has 2 N–H and O–H groups in total. The van der Waals surface area contributed by atoms with Crippen molar-refractivity contribution in [3.8, 4) is 5.75 Å². The summed E-state index contributed by atoms with van der Waals surface area (Å²) in [5, 5.41) is 11.8. The molecule has 3 nitrogen and oxygen atoms in total. The minimum atomic E-state index is -0.292. The van der Waals surface area contributed by atoms with Crippen LogP contribution in [0.5, 0.6) is 5.75 Å². The normalized spacial score (nSPS) is 10.2. The van der Waals surface area contributed by atoms with Crippen molar-refractivity contribution >= 4 is 11.6 Å². The van der Waals surface area contributed by atoms with E-state index in [2.05, 4.69) is 5.32 Å². The van der Waals surface area contributed by atoms with Crippen molar-refractivity contribution in [3.05, 3.63) is 59.9 Å². The average Bonchev–Trinajstić information content (AvgIpc) is 2.40. The van der Waals surface area contributed by atoms with Crippen molar-refractivity contribution in [2.75, 3.05) is 5.32 Å². The number of hydrogen-bond donors (Lipinski definition) is 2. The quantitative estimate of drug-likeness (QED) is 0.829. The minimum absolute atomic E-state index is 0.143. The molecular formula is C15H14FNO2. The Kier molecular flexibility index (Phi) is 4.13. The third-order valence-electron chi connectivity index (χ3n) is 2.73. The Balaban J connectivity index is 1.88. The van der Waals surface area contributed by atoms with Gasteiger partial charge in [0, 0.05) is 12.1 Å². The molecule has 0 bridgehead atoms. The van der Waals surface area contributed by atoms with Crippen LogP contribution < -0.4 is 5.32 Å². The molecule has 0 radical (unpaired) electrons. The molecule has 0 unspecified atom stereocenters. The topological polar surface area (TPSA) is 49.3 Å². The van der Waals surface area contributed by atoms with Crippen molar-refractivity contribution < 1.29 is 14.3 Å². The van der Waals surface area contributed by atoms with Gasteiger partial charge >= 0.3 is 0 Å². The molecule has 19 heavy (non-hydrogen) atoms. The number of halogens is 1. The van der Waals surface area contributed by atoms with Gasteiger partial charge in [-0.1, -0.05) is 18.2 Å². The van der Waals surface area contributed by atoms with Crippen LogP contribution in [0.2, 0.25) is 0 Å². The molecule has 0 fully saturated rings. The molecule has 0 heterocycles. The second-order valence-corrected chi connectivity index (χ2v) is 4.19. The lowest BCUT2D eigenvalue weighted by Gasteiger charge is -2.06. The number of hydrogen-bond acceptors (Lipinski definition) is 2. The van der Waals surface area contributed by atoms with Crippen molar-refractivity contribution in [2.24, 2.45) is 0 Å². The van der Waals surface area contributed by atoms with E-state index in [9.17, 15) is 9.18 Å². The molecule has 4 heteroatoms. The third kappa shape index (κ3) is 3.81. The molecular weight excluding hydrogens is 245 g/mol. The molecule has 0 spiro atoms. The van der Waals surface area contributed by atoms with E-state index in [0.29, 0.717) is 17.7 Å². The fourth-order valence-corrected chi connectivity index (χ4v) is 1.72. The van der Waals surface area contributed by atoms with Crippen molar-refractivity contribution in [1.82, 2.24) is 0 Å². The van der Waals surface area contributed by atoms with Crippen LogP contribution in [0.1, 0.15) is 12.0 Å². The van der Waals surface area contributed by atoms with E-state index in [1.54, 1.807) is 30.3 Å². The van der Waals surface area contributed by atoms with E-state index in [4.69, 9.17) is 5.11 Å². The van der Waals surface area contributed by atoms with Gasteiger partial charge in [0.05, 0.1) is 0 Å². The van der Waals surface area contributed by atoms with Crippen LogP contribution in [0.3, 0.4) is 0 Å². The number of rotatable bonds is 4. The van der Waals surface area contributed by atoms with Gasteiger partial charge in [-0.25, -0.2) is 4.39 Å². The summed E-state index contributed by atoms with van der Waals surface area (Å²) in [7, 11) is 0. The summed E-state index contributed by atoms with van der Waals surface area (Å²) in [4.78, 5) is 11.7. The first kappa shape index (κ1) is 13.1. The first-order valence-electron chi connectivity index (χ1n) is 5.97. The van der Waals surface area contributed by atoms with Gasteiger partial charge in [0.15, 0.2) is 0 Å². The molecule has 1 amide bonds. The standard InChI is InChI=1S/C15H14FNO2/c16-14-4-2-1-3-11(14)5-10-15(19)17-12-6-8-13(18)9-7-12/h1-4,6-9,18H,5,10H2,(H,17,19). The SMILES string of the molecule is O=C(CCc1ccccc1F)Nc1ccc(O)cc1. The summed E-state index contributed by atoms with van der Waals surface area (Å²) in [6.07, 6.45) is 0.568. The first-order valence-corrected chi connectivity index (χ1v) is 5.97. The van der Waals surface area contributed by atoms with Crippen LogP contribution in [0, 0.1) is 5.82 Å². The van der Waals surface area contributed by atoms with Gasteiger partial charge < -0.3 is 10.4 Å². The summed E-state index contributed by atoms with van der Waals surface area (Å²) in [5.74, 6) is -0.335. The van der Waals surface area contributed by atoms with Gasteiger partial charge in [0.25, 0.3) is 0 Å². The highest BCUT2D eigenvalue weighted by molar-refractivity contribution is 5.90. The maximum atomic E-state index is 13.4. The summed E-state index contributed by atoms with van der Waals surface area (Å²) in [6.45, 7) is 0. The molecule has 2 aromatic rings. The Morgan fingerprint density at radius 2 is 1.79 bits per heavy atom. The number of amides is 1. The second kappa shape index (κ2) is 6.00. The van der Waals surface area contributed by atoms with Crippen molar-refractivity contribution in [1.29, 1.82) is 0 Å². The predicted octanol–water partition coefficient (Wildman–Crippen LogP) is 3.10. The highest BCUT2D eigenvalue weighted by Gasteiger charge is 2.06. The number of aromatic hydroxyl groups is 1. The highest BCUT2D eigenvalue weighted by atomic mass is 19.1. The monoisotopic (exact) mass is 259 g/mol. The van der Waals surface area contributed by atoms with E-state index in [1.807, 2.05) is 0 Å². The molecule has 0 saturated heterocycles. The number of aryl methyl sites for hydroxylation is 1. The predicted molar refractivity (Wildman–Crippen MR) is 71.5 cm³/mol. The van der Waals surface area contributed by atoms with E-state index >= 15 is 0 Å². The van der Waals surface area contributed by atoms with Crippen molar-refractivity contribution in [3.63, 3.8) is 0 Å². The number of carbonyl (C=O) groups excluding carboxylic acids is 1. The number of nitrogens with one attached hydrogen (secondary N) is 1. The molecule has 0 aliphatic rings. The Bertz CT molecular complexity index is 567. The summed E-state index contributed by atoms with van der Waals surface area (Å²) < 4.78 is 13.4. The maximum absolute atomic E-state index is 13.4. The van der Waals surface area contributed by atoms with Crippen LogP contribution in [0.25, 0.3) is 0 Å². The molecule has 0 aromatic heterocycles. The number of phenolic OH excluding ortho intramolecular Hbond substituents is 1. The zero-order valence-corrected chi connectivity index (χ0v) is 10.3. The van der Waals surface area contributed by atoms with Gasteiger partial charge in [0.2, 0.25) is 5.91 Å². The summed E-state index contributed by atoms with van der Waals surface area (Å²) in [6, 6.07) is 12.6. The lowest BCUT2D eigenvalue weighted by molar-refractivity contribution is -0.116. The van der Waals surface area contributed by atoms with Gasteiger partial charge in [-0.2, -0.15) is 0 Å². The second-order valence-electron chi connectivity index (χ2n) is 4.19. The first-order chi connectivity index (χ1) is 9.15. The van der Waals surface area contributed by atoms with Gasteiger partial charge in [-0.3, -0.25) is 4.79 Å². The van der Waals surface area contributed by atoms with Crippen LogP contribution in [0.15, 0.2) is 48.5 Å². The number of carbonyl (C=O) groups is 1. The summed E-state index contributed by atoms with van der Waals surface area (Å²) in [5.41, 5.74) is 1.14. The Hall–Kier alpha value is -2.36. The van der Waals surface area contributed by atoms with E-state index in [1.165, 1.54) is 18.2 Å². The fourth-order valence-electron chi connectivity index (χ4n) is 1.72. The molecule has 0 aliphatic heterocycles. The zero-order valence-electron chi connectivity index (χ0n) is 10.3. The molecule has 98 valence electrons. The smallest absolute Gasteiger partial charge is 0.224 e. The van der Waals surface area contributed by atoms with Crippen LogP contribution >= 0.6 is 0 Å². The van der Waals surface area contributed by atoms with Crippen LogP contribution in [0.4, 0.5) is 10.1 Å². The minimum Gasteiger partial charge on any atom is -0.508 e. The lowest BCUT2D eigenvalue weighted by Crippen LogP contribution is -2.12. The van der Waals surface area contributed by atoms with Crippen LogP contribution in [-0.2, 0) is 11.2 Å². The number of phenols is 1. The van der Waals surface area contributed by atoms with Gasteiger partial charge in [0.1, 0.15) is 11.6 Å². The van der Waals surface area contributed by atoms with E-state index in [-0.39, 0.29) is 23.9 Å². The average molecular weight is 259 g/mol. The van der Waals surface area contributed by atoms with Gasteiger partial charge in [-0.15, -0.1) is 0 Å². The Morgan fingerprint density at radius 3 is 2.47 bits per heavy atom. The molecule has 0 saturated carbocycles. The highest BCUT2D eigenvalue weighted by Crippen LogP contribution is 2.14. The number of anilines is 1. The Labute approximate surface area is 110 Å². The van der Waals surface area contributed by atoms with E-state index < -0.39 is 0 Å². The molecule has 0 aliphatic carbocycles. The zero-order chi connectivity index (χ0) is 13.7. The van der Waals surface area contributed by atoms with Crippen molar-refractivity contribution in [2.45, 2.75) is 12.8 Å². The molecule has 2 rings (SSSR count). The maximum Gasteiger partial charge on any atom is 0.224 e. The Morgan fingerprint density at radius 1 is 1.11 bits per heavy atom. The number of benzene rings is 2. The summed E-state index contributed by atoms with van der Waals surface area (Å²) >= 11 is 0. The third-order valence-corrected chi connectivity index (χ3v) is 2.73. The largest absolute Gasteiger partial charge is 0.508 e. The lowest BCUT2D eigenvalue weighted by atomic mass is 10.1. The molecule has 0 atom stereocenters. The van der Waals surface area contributed by atoms with Gasteiger partial charge in [-0.05, 0) is 42.3 Å². The van der Waals surface area contributed by atoms with Crippen LogP contribution in [-0.4, -0.2) is 11.0 Å².